The molecule has 0 atom stereocenters. The summed E-state index contributed by atoms with van der Waals surface area (Å²) in [5.41, 5.74) is 2.71. The molecule has 1 N–H and O–H groups in total. The predicted octanol–water partition coefficient (Wildman–Crippen LogP) is 3.19. The van der Waals surface area contributed by atoms with E-state index < -0.39 is 0 Å². The molecule has 0 saturated carbocycles. The van der Waals surface area contributed by atoms with Gasteiger partial charge in [-0.15, -0.1) is 0 Å². The molecule has 3 rings (SSSR count). The molecule has 2 aromatic carbocycles. The van der Waals surface area contributed by atoms with E-state index in [1.165, 1.54) is 0 Å². The van der Waals surface area contributed by atoms with Gasteiger partial charge < -0.3 is 15.0 Å². The zero-order valence-corrected chi connectivity index (χ0v) is 13.2. The molecule has 0 aromatic heterocycles. The van der Waals surface area contributed by atoms with Crippen LogP contribution in [0.25, 0.3) is 0 Å². The lowest BCUT2D eigenvalue weighted by Crippen LogP contribution is -2.37. The molecule has 1 heterocycles. The van der Waals surface area contributed by atoms with Crippen LogP contribution in [0.3, 0.4) is 0 Å². The summed E-state index contributed by atoms with van der Waals surface area (Å²) in [5, 5.41) is 3.01. The Morgan fingerprint density at radius 1 is 1.04 bits per heavy atom. The molecule has 120 valence electrons. The summed E-state index contributed by atoms with van der Waals surface area (Å²) in [6.07, 6.45) is 0. The first-order valence-electron chi connectivity index (χ1n) is 7.77. The third kappa shape index (κ3) is 3.63. The number of ether oxygens (including phenoxy) is 1. The van der Waals surface area contributed by atoms with Crippen LogP contribution >= 0.6 is 0 Å². The fourth-order valence-electron chi connectivity index (χ4n) is 2.63. The second kappa shape index (κ2) is 7.15. The van der Waals surface area contributed by atoms with Crippen molar-refractivity contribution in [3.05, 3.63) is 54.6 Å². The third-order valence-electron chi connectivity index (χ3n) is 3.95. The summed E-state index contributed by atoms with van der Waals surface area (Å²) in [6.45, 7) is 3.10. The van der Waals surface area contributed by atoms with Crippen molar-refractivity contribution in [2.75, 3.05) is 48.5 Å². The van der Waals surface area contributed by atoms with Crippen molar-refractivity contribution in [2.45, 2.75) is 0 Å². The summed E-state index contributed by atoms with van der Waals surface area (Å²) >= 11 is 0. The minimum Gasteiger partial charge on any atom is -0.378 e. The Kier molecular flexibility index (Phi) is 4.78. The highest BCUT2D eigenvalue weighted by molar-refractivity contribution is 6.03. The molecule has 1 saturated heterocycles. The molecule has 0 spiro atoms. The minimum absolute atomic E-state index is 0.156. The highest BCUT2D eigenvalue weighted by Crippen LogP contribution is 2.27. The van der Waals surface area contributed by atoms with E-state index in [1.807, 2.05) is 54.6 Å². The zero-order chi connectivity index (χ0) is 16.1. The fraction of sp³-hybridized carbons (Fsp3) is 0.278. The van der Waals surface area contributed by atoms with Crippen molar-refractivity contribution >= 4 is 23.1 Å². The molecule has 0 radical (unpaired) electrons. The first kappa shape index (κ1) is 15.4. The number of hydrogen-bond donors (Lipinski definition) is 1. The molecule has 5 heteroatoms. The van der Waals surface area contributed by atoms with E-state index in [0.29, 0.717) is 13.2 Å². The number of nitrogens with zero attached hydrogens (tertiary/aromatic N) is 2. The van der Waals surface area contributed by atoms with Gasteiger partial charge in [-0.1, -0.05) is 30.3 Å². The van der Waals surface area contributed by atoms with Crippen molar-refractivity contribution < 1.29 is 9.53 Å². The predicted molar refractivity (Wildman–Crippen MR) is 93.3 cm³/mol. The van der Waals surface area contributed by atoms with Crippen LogP contribution in [0, 0.1) is 0 Å². The van der Waals surface area contributed by atoms with Crippen LogP contribution in [0.4, 0.5) is 21.9 Å². The number of para-hydroxylation sites is 3. The SMILES string of the molecule is CN(C(=O)Nc1ccccc1N1CCOCC1)c1ccccc1. The van der Waals surface area contributed by atoms with Crippen molar-refractivity contribution in [2.24, 2.45) is 0 Å². The van der Waals surface area contributed by atoms with Gasteiger partial charge in [0.25, 0.3) is 0 Å². The summed E-state index contributed by atoms with van der Waals surface area (Å²) in [4.78, 5) is 16.4. The van der Waals surface area contributed by atoms with Crippen molar-refractivity contribution in [3.8, 4) is 0 Å². The smallest absolute Gasteiger partial charge is 0.326 e. The van der Waals surface area contributed by atoms with Gasteiger partial charge in [0.05, 0.1) is 24.6 Å². The van der Waals surface area contributed by atoms with E-state index in [-0.39, 0.29) is 6.03 Å². The quantitative estimate of drug-likeness (QED) is 0.947. The topological polar surface area (TPSA) is 44.8 Å². The average molecular weight is 311 g/mol. The van der Waals surface area contributed by atoms with Gasteiger partial charge in [-0.3, -0.25) is 4.90 Å². The van der Waals surface area contributed by atoms with Crippen LogP contribution in [0.5, 0.6) is 0 Å². The number of carbonyl (C=O) groups excluding carboxylic acids is 1. The summed E-state index contributed by atoms with van der Waals surface area (Å²) in [6, 6.07) is 17.3. The summed E-state index contributed by atoms with van der Waals surface area (Å²) in [7, 11) is 1.77. The molecule has 2 aromatic rings. The molecular formula is C18H21N3O2. The van der Waals surface area contributed by atoms with Crippen molar-refractivity contribution in [3.63, 3.8) is 0 Å². The third-order valence-corrected chi connectivity index (χ3v) is 3.95. The van der Waals surface area contributed by atoms with Crippen LogP contribution < -0.4 is 15.1 Å². The molecule has 0 unspecified atom stereocenters. The number of urea groups is 1. The fourth-order valence-corrected chi connectivity index (χ4v) is 2.63. The Hall–Kier alpha value is -2.53. The number of rotatable bonds is 3. The van der Waals surface area contributed by atoms with E-state index in [0.717, 1.165) is 30.2 Å². The maximum Gasteiger partial charge on any atom is 0.326 e. The number of benzene rings is 2. The highest BCUT2D eigenvalue weighted by atomic mass is 16.5. The molecule has 2 amide bonds. The van der Waals surface area contributed by atoms with Gasteiger partial charge in [0.1, 0.15) is 0 Å². The molecular weight excluding hydrogens is 290 g/mol. The standard InChI is InChI=1S/C18H21N3O2/c1-20(15-7-3-2-4-8-15)18(22)19-16-9-5-6-10-17(16)21-11-13-23-14-12-21/h2-10H,11-14H2,1H3,(H,19,22). The van der Waals surface area contributed by atoms with Crippen LogP contribution in [0.2, 0.25) is 0 Å². The molecule has 0 aliphatic carbocycles. The molecule has 1 aliphatic rings. The lowest BCUT2D eigenvalue weighted by atomic mass is 10.2. The number of nitrogens with one attached hydrogen (secondary N) is 1. The Labute approximate surface area is 136 Å². The summed E-state index contributed by atoms with van der Waals surface area (Å²) < 4.78 is 5.40. The highest BCUT2D eigenvalue weighted by Gasteiger charge is 2.17. The van der Waals surface area contributed by atoms with Gasteiger partial charge in [0.15, 0.2) is 0 Å². The van der Waals surface area contributed by atoms with Crippen LogP contribution in [-0.4, -0.2) is 39.4 Å². The Morgan fingerprint density at radius 3 is 2.43 bits per heavy atom. The van der Waals surface area contributed by atoms with Gasteiger partial charge in [0, 0.05) is 25.8 Å². The molecule has 1 aliphatic heterocycles. The van der Waals surface area contributed by atoms with Crippen LogP contribution in [-0.2, 0) is 4.74 Å². The number of morpholine rings is 1. The number of amides is 2. The molecule has 0 bridgehead atoms. The maximum absolute atomic E-state index is 12.5. The zero-order valence-electron chi connectivity index (χ0n) is 13.2. The monoisotopic (exact) mass is 311 g/mol. The van der Waals surface area contributed by atoms with Crippen LogP contribution in [0.15, 0.2) is 54.6 Å². The first-order chi connectivity index (χ1) is 11.3. The molecule has 23 heavy (non-hydrogen) atoms. The molecule has 1 fully saturated rings. The van der Waals surface area contributed by atoms with Crippen molar-refractivity contribution in [1.29, 1.82) is 0 Å². The lowest BCUT2D eigenvalue weighted by Gasteiger charge is -2.31. The van der Waals surface area contributed by atoms with E-state index in [4.69, 9.17) is 4.74 Å². The Bertz CT molecular complexity index is 654. The van der Waals surface area contributed by atoms with Gasteiger partial charge in [-0.2, -0.15) is 0 Å². The number of anilines is 3. The number of hydrogen-bond acceptors (Lipinski definition) is 3. The summed E-state index contributed by atoms with van der Waals surface area (Å²) in [5.74, 6) is 0. The van der Waals surface area contributed by atoms with E-state index in [9.17, 15) is 4.79 Å². The molecule has 5 nitrogen and oxygen atoms in total. The lowest BCUT2D eigenvalue weighted by molar-refractivity contribution is 0.123. The van der Waals surface area contributed by atoms with Crippen molar-refractivity contribution in [1.82, 2.24) is 0 Å². The Balaban J connectivity index is 1.76. The minimum atomic E-state index is -0.156. The average Bonchev–Trinajstić information content (AvgIpc) is 2.63. The van der Waals surface area contributed by atoms with Crippen LogP contribution in [0.1, 0.15) is 0 Å². The van der Waals surface area contributed by atoms with Gasteiger partial charge >= 0.3 is 6.03 Å². The normalized spacial score (nSPS) is 14.4. The van der Waals surface area contributed by atoms with Gasteiger partial charge in [-0.05, 0) is 24.3 Å². The van der Waals surface area contributed by atoms with E-state index >= 15 is 0 Å². The van der Waals surface area contributed by atoms with E-state index in [2.05, 4.69) is 10.2 Å². The van der Waals surface area contributed by atoms with Gasteiger partial charge in [-0.25, -0.2) is 4.79 Å². The number of carbonyl (C=O) groups is 1. The maximum atomic E-state index is 12.5. The first-order valence-corrected chi connectivity index (χ1v) is 7.77. The second-order valence-electron chi connectivity index (χ2n) is 5.44. The second-order valence-corrected chi connectivity index (χ2v) is 5.44. The van der Waals surface area contributed by atoms with E-state index in [1.54, 1.807) is 11.9 Å². The Morgan fingerprint density at radius 2 is 1.70 bits per heavy atom. The largest absolute Gasteiger partial charge is 0.378 e. The van der Waals surface area contributed by atoms with Gasteiger partial charge in [0.2, 0.25) is 0 Å².